The first kappa shape index (κ1) is 16.8. The number of anilines is 1. The first-order chi connectivity index (χ1) is 8.93. The van der Waals surface area contributed by atoms with Crippen LogP contribution in [0.1, 0.15) is 13.8 Å². The first-order valence-electron chi connectivity index (χ1n) is 5.61. The number of sulfonamides is 2. The van der Waals surface area contributed by atoms with Gasteiger partial charge >= 0.3 is 0 Å². The molecule has 0 bridgehead atoms. The zero-order chi connectivity index (χ0) is 15.6. The Kier molecular flexibility index (Phi) is 4.74. The summed E-state index contributed by atoms with van der Waals surface area (Å²) in [4.78, 5) is 3.56. The third-order valence-electron chi connectivity index (χ3n) is 2.27. The van der Waals surface area contributed by atoms with Crippen molar-refractivity contribution in [2.24, 2.45) is 0 Å². The summed E-state index contributed by atoms with van der Waals surface area (Å²) in [5, 5.41) is 0. The van der Waals surface area contributed by atoms with Gasteiger partial charge in [0.1, 0.15) is 4.90 Å². The highest BCUT2D eigenvalue weighted by Gasteiger charge is 2.26. The molecule has 4 N–H and O–H groups in total. The highest BCUT2D eigenvalue weighted by molar-refractivity contribution is 7.89. The highest BCUT2D eigenvalue weighted by Crippen LogP contribution is 2.16. The maximum Gasteiger partial charge on any atom is 0.244 e. The molecule has 0 unspecified atom stereocenters. The number of nitrogens with zero attached hydrogens (tertiary/aromatic N) is 1. The van der Waals surface area contributed by atoms with Gasteiger partial charge in [-0.25, -0.2) is 26.3 Å². The van der Waals surface area contributed by atoms with Crippen LogP contribution in [0.2, 0.25) is 0 Å². The molecular weight excluding hydrogens is 304 g/mol. The van der Waals surface area contributed by atoms with Crippen molar-refractivity contribution >= 4 is 25.7 Å². The van der Waals surface area contributed by atoms with Crippen molar-refractivity contribution in [1.82, 2.24) is 14.4 Å². The third-order valence-corrected chi connectivity index (χ3v) is 4.64. The van der Waals surface area contributed by atoms with Crippen LogP contribution >= 0.6 is 0 Å². The number of nitrogens with two attached hydrogens (primary N) is 1. The van der Waals surface area contributed by atoms with Gasteiger partial charge in [0.05, 0.1) is 11.9 Å². The van der Waals surface area contributed by atoms with E-state index in [-0.39, 0.29) is 17.1 Å². The van der Waals surface area contributed by atoms with Gasteiger partial charge in [0.25, 0.3) is 0 Å². The fourth-order valence-corrected chi connectivity index (χ4v) is 3.87. The van der Waals surface area contributed by atoms with E-state index in [4.69, 9.17) is 5.73 Å². The quantitative estimate of drug-likeness (QED) is 0.633. The molecule has 8 nitrogen and oxygen atoms in total. The second-order valence-electron chi connectivity index (χ2n) is 5.00. The van der Waals surface area contributed by atoms with Crippen LogP contribution < -0.4 is 15.2 Å². The van der Waals surface area contributed by atoms with Gasteiger partial charge in [-0.3, -0.25) is 4.98 Å². The lowest BCUT2D eigenvalue weighted by molar-refractivity contribution is 0.446. The van der Waals surface area contributed by atoms with E-state index < -0.39 is 25.6 Å². The average Bonchev–Trinajstić information content (AvgIpc) is 2.24. The Labute approximate surface area is 118 Å². The lowest BCUT2D eigenvalue weighted by Crippen LogP contribution is -2.50. The van der Waals surface area contributed by atoms with Gasteiger partial charge in [0, 0.05) is 24.5 Å². The van der Waals surface area contributed by atoms with Crippen LogP contribution in [0.4, 0.5) is 5.69 Å². The smallest absolute Gasteiger partial charge is 0.244 e. The Balaban J connectivity index is 2.87. The maximum absolute atomic E-state index is 12.1. The van der Waals surface area contributed by atoms with E-state index in [2.05, 4.69) is 14.4 Å². The van der Waals surface area contributed by atoms with Crippen LogP contribution in [0.15, 0.2) is 23.4 Å². The van der Waals surface area contributed by atoms with Crippen LogP contribution in [0, 0.1) is 0 Å². The SMILES string of the molecule is CC(C)(CNS(=O)(=O)c1cnccc1N)NS(C)(=O)=O. The molecule has 0 atom stereocenters. The van der Waals surface area contributed by atoms with Crippen LogP contribution in [-0.4, -0.2) is 40.2 Å². The molecule has 1 aromatic heterocycles. The van der Waals surface area contributed by atoms with Gasteiger partial charge in [0.15, 0.2) is 0 Å². The molecule has 1 aromatic rings. The van der Waals surface area contributed by atoms with Gasteiger partial charge in [0.2, 0.25) is 20.0 Å². The number of aromatic nitrogens is 1. The van der Waals surface area contributed by atoms with Crippen molar-refractivity contribution in [2.45, 2.75) is 24.3 Å². The van der Waals surface area contributed by atoms with E-state index in [9.17, 15) is 16.8 Å². The predicted octanol–water partition coefficient (Wildman–Crippen LogP) is -0.730. The molecule has 1 heterocycles. The Hall–Kier alpha value is -1.23. The summed E-state index contributed by atoms with van der Waals surface area (Å²) in [5.41, 5.74) is 4.67. The molecular formula is C10H18N4O4S2. The number of nitrogens with one attached hydrogen (secondary N) is 2. The first-order valence-corrected chi connectivity index (χ1v) is 8.98. The number of rotatable bonds is 6. The Bertz CT molecular complexity index is 683. The lowest BCUT2D eigenvalue weighted by Gasteiger charge is -2.25. The minimum atomic E-state index is -3.85. The largest absolute Gasteiger partial charge is 0.398 e. The summed E-state index contributed by atoms with van der Waals surface area (Å²) in [6.45, 7) is 2.99. The lowest BCUT2D eigenvalue weighted by atomic mass is 10.1. The standard InChI is InChI=1S/C10H18N4O4S2/c1-10(2,14-19(3,15)16)7-13-20(17,18)9-6-12-5-4-8(9)11/h4-6,13-14H,7H2,1-3H3,(H2,11,12). The molecule has 0 radical (unpaired) electrons. The molecule has 0 aliphatic rings. The van der Waals surface area contributed by atoms with Gasteiger partial charge < -0.3 is 5.73 Å². The van der Waals surface area contributed by atoms with Crippen molar-refractivity contribution in [3.63, 3.8) is 0 Å². The summed E-state index contributed by atoms with van der Waals surface area (Å²) in [5.74, 6) is 0. The Morgan fingerprint density at radius 1 is 1.30 bits per heavy atom. The van der Waals surface area contributed by atoms with Crippen molar-refractivity contribution in [3.05, 3.63) is 18.5 Å². The third kappa shape index (κ3) is 5.04. The molecule has 114 valence electrons. The molecule has 0 aliphatic heterocycles. The van der Waals surface area contributed by atoms with Crippen molar-refractivity contribution in [3.8, 4) is 0 Å². The number of hydrogen-bond donors (Lipinski definition) is 3. The van der Waals surface area contributed by atoms with Crippen molar-refractivity contribution in [2.75, 3.05) is 18.5 Å². The number of pyridine rings is 1. The minimum Gasteiger partial charge on any atom is -0.398 e. The van der Waals surface area contributed by atoms with E-state index in [0.29, 0.717) is 0 Å². The molecule has 20 heavy (non-hydrogen) atoms. The summed E-state index contributed by atoms with van der Waals surface area (Å²) < 4.78 is 51.1. The van der Waals surface area contributed by atoms with Crippen LogP contribution in [0.3, 0.4) is 0 Å². The summed E-state index contributed by atoms with van der Waals surface area (Å²) in [7, 11) is -7.30. The average molecular weight is 322 g/mol. The van der Waals surface area contributed by atoms with E-state index in [1.165, 1.54) is 12.3 Å². The fraction of sp³-hybridized carbons (Fsp3) is 0.500. The maximum atomic E-state index is 12.1. The number of nitrogen functional groups attached to an aromatic ring is 1. The highest BCUT2D eigenvalue weighted by atomic mass is 32.2. The summed E-state index contributed by atoms with van der Waals surface area (Å²) in [6, 6.07) is 1.37. The summed E-state index contributed by atoms with van der Waals surface area (Å²) >= 11 is 0. The van der Waals surface area contributed by atoms with E-state index >= 15 is 0 Å². The molecule has 10 heteroatoms. The second kappa shape index (κ2) is 5.64. The fourth-order valence-electron chi connectivity index (χ4n) is 1.51. The Morgan fingerprint density at radius 3 is 2.40 bits per heavy atom. The van der Waals surface area contributed by atoms with Gasteiger partial charge in [-0.05, 0) is 19.9 Å². The summed E-state index contributed by atoms with van der Waals surface area (Å²) in [6.07, 6.45) is 3.51. The van der Waals surface area contributed by atoms with Gasteiger partial charge in [-0.15, -0.1) is 0 Å². The monoisotopic (exact) mass is 322 g/mol. The van der Waals surface area contributed by atoms with Crippen molar-refractivity contribution in [1.29, 1.82) is 0 Å². The second-order valence-corrected chi connectivity index (χ2v) is 8.48. The molecule has 0 aliphatic carbocycles. The molecule has 0 fully saturated rings. The molecule has 0 saturated heterocycles. The predicted molar refractivity (Wildman–Crippen MR) is 75.9 cm³/mol. The zero-order valence-corrected chi connectivity index (χ0v) is 13.0. The van der Waals surface area contributed by atoms with Gasteiger partial charge in [-0.2, -0.15) is 0 Å². The van der Waals surface area contributed by atoms with Crippen LogP contribution in [0.25, 0.3) is 0 Å². The molecule has 0 saturated carbocycles. The van der Waals surface area contributed by atoms with E-state index in [1.807, 2.05) is 0 Å². The molecule has 0 amide bonds. The molecule has 1 rings (SSSR count). The van der Waals surface area contributed by atoms with Crippen LogP contribution in [-0.2, 0) is 20.0 Å². The van der Waals surface area contributed by atoms with Crippen molar-refractivity contribution < 1.29 is 16.8 Å². The molecule has 0 aromatic carbocycles. The Morgan fingerprint density at radius 2 is 1.90 bits per heavy atom. The zero-order valence-electron chi connectivity index (χ0n) is 11.4. The minimum absolute atomic E-state index is 0.0707. The number of hydrogen-bond acceptors (Lipinski definition) is 6. The normalized spacial score (nSPS) is 13.3. The topological polar surface area (TPSA) is 131 Å². The van der Waals surface area contributed by atoms with E-state index in [0.717, 1.165) is 12.5 Å². The van der Waals surface area contributed by atoms with Gasteiger partial charge in [-0.1, -0.05) is 0 Å². The van der Waals surface area contributed by atoms with Crippen LogP contribution in [0.5, 0.6) is 0 Å². The molecule has 0 spiro atoms. The van der Waals surface area contributed by atoms with E-state index in [1.54, 1.807) is 13.8 Å².